The van der Waals surface area contributed by atoms with Crippen LogP contribution in [0.25, 0.3) is 11.4 Å². The van der Waals surface area contributed by atoms with Crippen molar-refractivity contribution in [3.8, 4) is 22.9 Å². The molecule has 106 valence electrons. The van der Waals surface area contributed by atoms with Crippen LogP contribution in [0.1, 0.15) is 19.0 Å². The van der Waals surface area contributed by atoms with Crippen LogP contribution >= 0.6 is 0 Å². The molecular weight excluding hydrogens is 254 g/mol. The van der Waals surface area contributed by atoms with E-state index < -0.39 is 0 Å². The second-order valence-electron chi connectivity index (χ2n) is 4.42. The second kappa shape index (κ2) is 6.23. The molecule has 1 heterocycles. The Hall–Kier alpha value is -2.30. The maximum Gasteiger partial charge on any atom is 0.165 e. The molecule has 0 aliphatic carbocycles. The lowest BCUT2D eigenvalue weighted by Crippen LogP contribution is -2.01. The smallest absolute Gasteiger partial charge is 0.165 e. The Morgan fingerprint density at radius 2 is 1.90 bits per heavy atom. The monoisotopic (exact) mass is 273 g/mol. The molecule has 0 bridgehead atoms. The van der Waals surface area contributed by atoms with Gasteiger partial charge in [0.2, 0.25) is 0 Å². The van der Waals surface area contributed by atoms with Crippen molar-refractivity contribution in [3.05, 3.63) is 30.0 Å². The highest BCUT2D eigenvalue weighted by Gasteiger charge is 2.12. The van der Waals surface area contributed by atoms with Crippen LogP contribution in [0.4, 0.5) is 5.82 Å². The van der Waals surface area contributed by atoms with Crippen molar-refractivity contribution in [2.75, 3.05) is 20.0 Å². The molecule has 0 aliphatic rings. The van der Waals surface area contributed by atoms with E-state index in [1.807, 2.05) is 18.2 Å². The highest BCUT2D eigenvalue weighted by Crippen LogP contribution is 2.31. The van der Waals surface area contributed by atoms with Gasteiger partial charge in [-0.1, -0.05) is 13.3 Å². The summed E-state index contributed by atoms with van der Waals surface area (Å²) in [6.45, 7) is 2.10. The van der Waals surface area contributed by atoms with E-state index in [-0.39, 0.29) is 0 Å². The summed E-state index contributed by atoms with van der Waals surface area (Å²) in [6.07, 6.45) is 1.88. The number of hydrogen-bond acceptors (Lipinski definition) is 5. The lowest BCUT2D eigenvalue weighted by atomic mass is 10.1. The lowest BCUT2D eigenvalue weighted by molar-refractivity contribution is 0.395. The van der Waals surface area contributed by atoms with Crippen molar-refractivity contribution in [2.24, 2.45) is 0 Å². The molecule has 5 nitrogen and oxygen atoms in total. The van der Waals surface area contributed by atoms with E-state index in [2.05, 4.69) is 16.9 Å². The van der Waals surface area contributed by atoms with E-state index in [0.717, 1.165) is 29.8 Å². The molecule has 1 aromatic heterocycles. The van der Waals surface area contributed by atoms with Crippen molar-refractivity contribution >= 4 is 5.82 Å². The van der Waals surface area contributed by atoms with Crippen molar-refractivity contribution < 1.29 is 9.47 Å². The Morgan fingerprint density at radius 1 is 1.10 bits per heavy atom. The molecule has 2 rings (SSSR count). The van der Waals surface area contributed by atoms with Gasteiger partial charge in [-0.05, 0) is 18.6 Å². The van der Waals surface area contributed by atoms with Gasteiger partial charge in [-0.25, -0.2) is 9.97 Å². The summed E-state index contributed by atoms with van der Waals surface area (Å²) in [5.41, 5.74) is 7.60. The Bertz CT molecular complexity index is 600. The minimum absolute atomic E-state index is 0.469. The molecule has 0 saturated heterocycles. The zero-order valence-corrected chi connectivity index (χ0v) is 12.0. The van der Waals surface area contributed by atoms with Crippen LogP contribution in [0.5, 0.6) is 11.5 Å². The molecule has 2 aromatic rings. The molecule has 0 fully saturated rings. The van der Waals surface area contributed by atoms with Crippen molar-refractivity contribution in [2.45, 2.75) is 19.8 Å². The van der Waals surface area contributed by atoms with Crippen molar-refractivity contribution in [1.29, 1.82) is 0 Å². The minimum Gasteiger partial charge on any atom is -0.497 e. The van der Waals surface area contributed by atoms with Gasteiger partial charge < -0.3 is 15.2 Å². The minimum atomic E-state index is 0.469. The van der Waals surface area contributed by atoms with Gasteiger partial charge in [0.15, 0.2) is 5.82 Å². The third-order valence-corrected chi connectivity index (χ3v) is 2.95. The molecule has 1 aromatic carbocycles. The van der Waals surface area contributed by atoms with Gasteiger partial charge in [-0.2, -0.15) is 0 Å². The van der Waals surface area contributed by atoms with Gasteiger partial charge in [0, 0.05) is 17.8 Å². The normalized spacial score (nSPS) is 10.3. The number of ether oxygens (including phenoxy) is 2. The molecule has 0 saturated carbocycles. The summed E-state index contributed by atoms with van der Waals surface area (Å²) in [4.78, 5) is 8.84. The molecule has 2 N–H and O–H groups in total. The number of benzene rings is 1. The third-order valence-electron chi connectivity index (χ3n) is 2.95. The molecule has 0 atom stereocenters. The van der Waals surface area contributed by atoms with Gasteiger partial charge in [-0.3, -0.25) is 0 Å². The van der Waals surface area contributed by atoms with Gasteiger partial charge in [-0.15, -0.1) is 0 Å². The van der Waals surface area contributed by atoms with Crippen LogP contribution in [-0.2, 0) is 6.42 Å². The second-order valence-corrected chi connectivity index (χ2v) is 4.42. The Labute approximate surface area is 118 Å². The maximum atomic E-state index is 5.86. The third kappa shape index (κ3) is 2.99. The fourth-order valence-electron chi connectivity index (χ4n) is 2.01. The van der Waals surface area contributed by atoms with E-state index in [4.69, 9.17) is 15.2 Å². The summed E-state index contributed by atoms with van der Waals surface area (Å²) in [6, 6.07) is 7.34. The highest BCUT2D eigenvalue weighted by atomic mass is 16.5. The Kier molecular flexibility index (Phi) is 4.40. The van der Waals surface area contributed by atoms with E-state index in [1.54, 1.807) is 20.3 Å². The van der Waals surface area contributed by atoms with Crippen LogP contribution in [0.3, 0.4) is 0 Å². The molecule has 0 radical (unpaired) electrons. The molecule has 0 spiro atoms. The maximum absolute atomic E-state index is 5.86. The van der Waals surface area contributed by atoms with E-state index in [9.17, 15) is 0 Å². The van der Waals surface area contributed by atoms with Gasteiger partial charge in [0.05, 0.1) is 19.8 Å². The predicted molar refractivity (Wildman–Crippen MR) is 79.0 cm³/mol. The predicted octanol–water partition coefficient (Wildman–Crippen LogP) is 2.70. The van der Waals surface area contributed by atoms with Crippen LogP contribution in [0.15, 0.2) is 24.3 Å². The summed E-state index contributed by atoms with van der Waals surface area (Å²) >= 11 is 0. The highest BCUT2D eigenvalue weighted by molar-refractivity contribution is 5.66. The van der Waals surface area contributed by atoms with Crippen molar-refractivity contribution in [1.82, 2.24) is 9.97 Å². The van der Waals surface area contributed by atoms with Crippen LogP contribution < -0.4 is 15.2 Å². The number of aryl methyl sites for hydroxylation is 1. The van der Waals surface area contributed by atoms with Crippen LogP contribution in [0.2, 0.25) is 0 Å². The van der Waals surface area contributed by atoms with Crippen molar-refractivity contribution in [3.63, 3.8) is 0 Å². The number of anilines is 1. The van der Waals surface area contributed by atoms with Gasteiger partial charge in [0.25, 0.3) is 0 Å². The first-order valence-electron chi connectivity index (χ1n) is 6.53. The number of nitrogens with zero attached hydrogens (tertiary/aromatic N) is 2. The molecule has 20 heavy (non-hydrogen) atoms. The van der Waals surface area contributed by atoms with Gasteiger partial charge >= 0.3 is 0 Å². The molecule has 5 heteroatoms. The largest absolute Gasteiger partial charge is 0.497 e. The number of methoxy groups -OCH3 is 2. The van der Waals surface area contributed by atoms with E-state index in [1.165, 1.54) is 0 Å². The first-order chi connectivity index (χ1) is 9.67. The first-order valence-corrected chi connectivity index (χ1v) is 6.53. The molecule has 0 unspecified atom stereocenters. The fourth-order valence-corrected chi connectivity index (χ4v) is 2.01. The summed E-state index contributed by atoms with van der Waals surface area (Å²) in [7, 11) is 3.22. The van der Waals surface area contributed by atoms with Crippen LogP contribution in [-0.4, -0.2) is 24.2 Å². The number of nitrogens with two attached hydrogens (primary N) is 1. The number of nitrogen functional groups attached to an aromatic ring is 1. The molecule has 0 amide bonds. The van der Waals surface area contributed by atoms with E-state index in [0.29, 0.717) is 17.4 Å². The first kappa shape index (κ1) is 14.1. The number of hydrogen-bond donors (Lipinski definition) is 1. The van der Waals surface area contributed by atoms with E-state index >= 15 is 0 Å². The molecular formula is C15H19N3O2. The van der Waals surface area contributed by atoms with Crippen LogP contribution in [0, 0.1) is 0 Å². The SMILES string of the molecule is CCCc1cc(N)nc(-c2ccc(OC)cc2OC)n1. The zero-order chi connectivity index (χ0) is 14.5. The summed E-state index contributed by atoms with van der Waals surface area (Å²) in [5.74, 6) is 2.44. The number of rotatable bonds is 5. The summed E-state index contributed by atoms with van der Waals surface area (Å²) in [5, 5.41) is 0. The number of aromatic nitrogens is 2. The average Bonchev–Trinajstić information content (AvgIpc) is 2.46. The average molecular weight is 273 g/mol. The quantitative estimate of drug-likeness (QED) is 0.907. The zero-order valence-electron chi connectivity index (χ0n) is 12.0. The topological polar surface area (TPSA) is 70.3 Å². The summed E-state index contributed by atoms with van der Waals surface area (Å²) < 4.78 is 10.6. The fraction of sp³-hybridized carbons (Fsp3) is 0.333. The standard InChI is InChI=1S/C15H19N3O2/c1-4-5-10-8-14(16)18-15(17-10)12-7-6-11(19-2)9-13(12)20-3/h6-9H,4-5H2,1-3H3,(H2,16,17,18). The lowest BCUT2D eigenvalue weighted by Gasteiger charge is -2.11. The Morgan fingerprint density at radius 3 is 2.55 bits per heavy atom. The van der Waals surface area contributed by atoms with Gasteiger partial charge in [0.1, 0.15) is 17.3 Å². The molecule has 0 aliphatic heterocycles. The Balaban J connectivity index is 2.50.